The van der Waals surface area contributed by atoms with Crippen LogP contribution in [0.25, 0.3) is 0 Å². The van der Waals surface area contributed by atoms with E-state index in [1.165, 1.54) is 0 Å². The van der Waals surface area contributed by atoms with Gasteiger partial charge in [-0.25, -0.2) is 0 Å². The average Bonchev–Trinajstić information content (AvgIpc) is 2.46. The van der Waals surface area contributed by atoms with Crippen LogP contribution < -0.4 is 5.73 Å². The molecule has 0 unspecified atom stereocenters. The van der Waals surface area contributed by atoms with E-state index in [9.17, 15) is 4.79 Å². The first-order valence-electron chi connectivity index (χ1n) is 7.18. The van der Waals surface area contributed by atoms with Crippen molar-refractivity contribution in [1.29, 1.82) is 0 Å². The molecule has 3 nitrogen and oxygen atoms in total. The van der Waals surface area contributed by atoms with E-state index in [0.717, 1.165) is 37.4 Å². The van der Waals surface area contributed by atoms with Gasteiger partial charge in [0.25, 0.3) is 5.91 Å². The topological polar surface area (TPSA) is 46.3 Å². The molecule has 1 aromatic rings. The SMILES string of the molecule is CC(C)C1CCN(C(=O)c2ccc(C(N)=S)cc2)CC1. The predicted molar refractivity (Wildman–Crippen MR) is 85.8 cm³/mol. The predicted octanol–water partition coefficient (Wildman–Crippen LogP) is 2.83. The summed E-state index contributed by atoms with van der Waals surface area (Å²) < 4.78 is 0. The summed E-state index contributed by atoms with van der Waals surface area (Å²) in [4.78, 5) is 14.7. The smallest absolute Gasteiger partial charge is 0.253 e. The standard InChI is InChI=1S/C16H22N2OS/c1-11(2)12-7-9-18(10-8-12)16(19)14-5-3-13(4-6-14)15(17)20/h3-6,11-12H,7-10H2,1-2H3,(H2,17,20). The third-order valence-electron chi connectivity index (χ3n) is 4.19. The Morgan fingerprint density at radius 2 is 1.70 bits per heavy atom. The van der Waals surface area contributed by atoms with E-state index >= 15 is 0 Å². The van der Waals surface area contributed by atoms with Crippen molar-refractivity contribution in [2.45, 2.75) is 26.7 Å². The number of nitrogens with zero attached hydrogens (tertiary/aromatic N) is 1. The largest absolute Gasteiger partial charge is 0.389 e. The van der Waals surface area contributed by atoms with Crippen molar-refractivity contribution in [2.24, 2.45) is 17.6 Å². The molecule has 1 amide bonds. The molecule has 1 fully saturated rings. The first-order chi connectivity index (χ1) is 9.49. The van der Waals surface area contributed by atoms with Crippen molar-refractivity contribution < 1.29 is 4.79 Å². The molecular formula is C16H22N2OS. The summed E-state index contributed by atoms with van der Waals surface area (Å²) in [6.45, 7) is 6.24. The molecule has 0 saturated carbocycles. The number of carbonyl (C=O) groups excluding carboxylic acids is 1. The van der Waals surface area contributed by atoms with Crippen LogP contribution >= 0.6 is 12.2 Å². The second kappa shape index (κ2) is 6.35. The van der Waals surface area contributed by atoms with Crippen LogP contribution in [0, 0.1) is 11.8 Å². The average molecular weight is 290 g/mol. The van der Waals surface area contributed by atoms with Gasteiger partial charge in [-0.3, -0.25) is 4.79 Å². The molecule has 4 heteroatoms. The number of likely N-dealkylation sites (tertiary alicyclic amines) is 1. The number of carbonyl (C=O) groups is 1. The summed E-state index contributed by atoms with van der Waals surface area (Å²) in [6.07, 6.45) is 2.21. The van der Waals surface area contributed by atoms with Crippen LogP contribution in [0.4, 0.5) is 0 Å². The zero-order valence-electron chi connectivity index (χ0n) is 12.1. The molecular weight excluding hydrogens is 268 g/mol. The van der Waals surface area contributed by atoms with Gasteiger partial charge in [-0.2, -0.15) is 0 Å². The molecule has 0 bridgehead atoms. The highest BCUT2D eigenvalue weighted by Gasteiger charge is 2.25. The second-order valence-corrected chi connectivity index (χ2v) is 6.26. The van der Waals surface area contributed by atoms with Crippen molar-refractivity contribution in [3.05, 3.63) is 35.4 Å². The Bertz CT molecular complexity index is 488. The minimum Gasteiger partial charge on any atom is -0.389 e. The number of rotatable bonds is 3. The van der Waals surface area contributed by atoms with Crippen LogP contribution in [-0.2, 0) is 0 Å². The van der Waals surface area contributed by atoms with E-state index < -0.39 is 0 Å². The summed E-state index contributed by atoms with van der Waals surface area (Å²) in [7, 11) is 0. The molecule has 0 atom stereocenters. The Kier molecular flexibility index (Phi) is 4.76. The third-order valence-corrected chi connectivity index (χ3v) is 4.42. The molecule has 2 N–H and O–H groups in total. The van der Waals surface area contributed by atoms with Crippen LogP contribution in [0.3, 0.4) is 0 Å². The summed E-state index contributed by atoms with van der Waals surface area (Å²) >= 11 is 4.92. The van der Waals surface area contributed by atoms with E-state index in [4.69, 9.17) is 18.0 Å². The fraction of sp³-hybridized carbons (Fsp3) is 0.500. The van der Waals surface area contributed by atoms with Crippen LogP contribution in [-0.4, -0.2) is 28.9 Å². The molecule has 0 aliphatic carbocycles. The van der Waals surface area contributed by atoms with E-state index in [0.29, 0.717) is 16.5 Å². The molecule has 2 rings (SSSR count). The van der Waals surface area contributed by atoms with Crippen LogP contribution in [0.15, 0.2) is 24.3 Å². The molecule has 0 spiro atoms. The van der Waals surface area contributed by atoms with Gasteiger partial charge in [-0.15, -0.1) is 0 Å². The molecule has 1 aliphatic rings. The Balaban J connectivity index is 2.00. The Morgan fingerprint density at radius 1 is 1.20 bits per heavy atom. The summed E-state index contributed by atoms with van der Waals surface area (Å²) in [5.41, 5.74) is 7.08. The minimum absolute atomic E-state index is 0.113. The third kappa shape index (κ3) is 3.37. The maximum absolute atomic E-state index is 12.4. The lowest BCUT2D eigenvalue weighted by molar-refractivity contribution is 0.0667. The van der Waals surface area contributed by atoms with Gasteiger partial charge in [0.05, 0.1) is 0 Å². The summed E-state index contributed by atoms with van der Waals surface area (Å²) in [5.74, 6) is 1.56. The lowest BCUT2D eigenvalue weighted by atomic mass is 9.86. The highest BCUT2D eigenvalue weighted by molar-refractivity contribution is 7.80. The number of amides is 1. The molecule has 1 heterocycles. The summed E-state index contributed by atoms with van der Waals surface area (Å²) in [5, 5.41) is 0. The Labute approximate surface area is 126 Å². The van der Waals surface area contributed by atoms with Gasteiger partial charge >= 0.3 is 0 Å². The van der Waals surface area contributed by atoms with Crippen molar-refractivity contribution in [2.75, 3.05) is 13.1 Å². The quantitative estimate of drug-likeness (QED) is 0.871. The molecule has 1 aromatic carbocycles. The van der Waals surface area contributed by atoms with Gasteiger partial charge < -0.3 is 10.6 Å². The van der Waals surface area contributed by atoms with Crippen LogP contribution in [0.1, 0.15) is 42.6 Å². The number of nitrogens with two attached hydrogens (primary N) is 1. The van der Waals surface area contributed by atoms with E-state index in [2.05, 4.69) is 13.8 Å². The lowest BCUT2D eigenvalue weighted by Crippen LogP contribution is -2.39. The second-order valence-electron chi connectivity index (χ2n) is 5.82. The normalized spacial score (nSPS) is 16.4. The van der Waals surface area contributed by atoms with Gasteiger partial charge in [0.15, 0.2) is 0 Å². The number of hydrogen-bond acceptors (Lipinski definition) is 2. The lowest BCUT2D eigenvalue weighted by Gasteiger charge is -2.34. The van der Waals surface area contributed by atoms with E-state index in [1.54, 1.807) is 0 Å². The number of thiocarbonyl (C=S) groups is 1. The van der Waals surface area contributed by atoms with Gasteiger partial charge in [0, 0.05) is 24.2 Å². The van der Waals surface area contributed by atoms with Crippen molar-refractivity contribution in [3.8, 4) is 0 Å². The van der Waals surface area contributed by atoms with Crippen molar-refractivity contribution in [3.63, 3.8) is 0 Å². The molecule has 1 aliphatic heterocycles. The van der Waals surface area contributed by atoms with Gasteiger partial charge in [0.2, 0.25) is 0 Å². The highest BCUT2D eigenvalue weighted by atomic mass is 32.1. The maximum atomic E-state index is 12.4. The molecule has 108 valence electrons. The molecule has 0 aromatic heterocycles. The van der Waals surface area contributed by atoms with Crippen LogP contribution in [0.2, 0.25) is 0 Å². The Morgan fingerprint density at radius 3 is 2.15 bits per heavy atom. The molecule has 20 heavy (non-hydrogen) atoms. The zero-order chi connectivity index (χ0) is 14.7. The van der Waals surface area contributed by atoms with Crippen molar-refractivity contribution >= 4 is 23.1 Å². The van der Waals surface area contributed by atoms with Gasteiger partial charge in [-0.05, 0) is 36.8 Å². The first kappa shape index (κ1) is 15.0. The maximum Gasteiger partial charge on any atom is 0.253 e. The van der Waals surface area contributed by atoms with Crippen LogP contribution in [0.5, 0.6) is 0 Å². The van der Waals surface area contributed by atoms with Gasteiger partial charge in [0.1, 0.15) is 4.99 Å². The molecule has 0 radical (unpaired) electrons. The zero-order valence-corrected chi connectivity index (χ0v) is 13.0. The number of benzene rings is 1. The van der Waals surface area contributed by atoms with Crippen molar-refractivity contribution in [1.82, 2.24) is 4.90 Å². The number of hydrogen-bond donors (Lipinski definition) is 1. The Hall–Kier alpha value is -1.42. The number of piperidine rings is 1. The van der Waals surface area contributed by atoms with E-state index in [1.807, 2.05) is 29.2 Å². The monoisotopic (exact) mass is 290 g/mol. The highest BCUT2D eigenvalue weighted by Crippen LogP contribution is 2.25. The van der Waals surface area contributed by atoms with Gasteiger partial charge in [-0.1, -0.05) is 38.2 Å². The fourth-order valence-corrected chi connectivity index (χ4v) is 2.86. The van der Waals surface area contributed by atoms with E-state index in [-0.39, 0.29) is 5.91 Å². The fourth-order valence-electron chi connectivity index (χ4n) is 2.73. The molecule has 1 saturated heterocycles. The first-order valence-corrected chi connectivity index (χ1v) is 7.59. The summed E-state index contributed by atoms with van der Waals surface area (Å²) in [6, 6.07) is 7.25. The minimum atomic E-state index is 0.113.